The van der Waals surface area contributed by atoms with E-state index < -0.39 is 14.0 Å². The Morgan fingerprint density at radius 3 is 1.93 bits per heavy atom. The first-order chi connectivity index (χ1) is 14.5. The molecule has 4 rings (SSSR count). The molecule has 0 aliphatic carbocycles. The van der Waals surface area contributed by atoms with Gasteiger partial charge in [0.1, 0.15) is 11.4 Å². The quantitative estimate of drug-likeness (QED) is 0.359. The number of rotatable bonds is 5. The first kappa shape index (κ1) is 20.4. The maximum atomic E-state index is 13.3. The lowest BCUT2D eigenvalue weighted by Crippen LogP contribution is -2.13. The van der Waals surface area contributed by atoms with Crippen molar-refractivity contribution in [2.45, 2.75) is 16.0 Å². The molecule has 0 fully saturated rings. The Labute approximate surface area is 183 Å². The number of aryl methyl sites for hydroxylation is 1. The predicted octanol–water partition coefficient (Wildman–Crippen LogP) is 5.38. The average Bonchev–Trinajstić information content (AvgIpc) is 2.79. The van der Waals surface area contributed by atoms with Gasteiger partial charge in [-0.1, -0.05) is 94.3 Å². The van der Waals surface area contributed by atoms with Crippen LogP contribution in [0.4, 0.5) is 0 Å². The number of hydrogen-bond donors (Lipinski definition) is 0. The maximum Gasteiger partial charge on any atom is 0.197 e. The summed E-state index contributed by atoms with van der Waals surface area (Å²) in [6, 6.07) is 25.5. The highest BCUT2D eigenvalue weighted by atomic mass is 79.9. The van der Waals surface area contributed by atoms with Crippen molar-refractivity contribution in [1.29, 1.82) is 0 Å². The van der Waals surface area contributed by atoms with Gasteiger partial charge in [-0.05, 0) is 19.1 Å². The molecular formula is C23H18BrN3O2S. The fourth-order valence-corrected chi connectivity index (χ4v) is 5.18. The number of benzene rings is 3. The average molecular weight is 480 g/mol. The highest BCUT2D eigenvalue weighted by Gasteiger charge is 2.31. The van der Waals surface area contributed by atoms with Gasteiger partial charge in [-0.15, -0.1) is 10.2 Å². The molecule has 0 N–H and O–H groups in total. The molecule has 0 radical (unpaired) electrons. The standard InChI is InChI=1S/C23H18BrN3O2S/c1-16-12-14-19(15-13-16)30(28,29)22(24)21-20(17-8-4-2-5-9-17)26-27-23(25-21)18-10-6-3-7-11-18/h2-15,22H,1H3. The van der Waals surface area contributed by atoms with Crippen LogP contribution in [0.3, 0.4) is 0 Å². The van der Waals surface area contributed by atoms with Crippen LogP contribution >= 0.6 is 15.9 Å². The molecule has 0 saturated carbocycles. The Bertz CT molecular complexity index is 1260. The van der Waals surface area contributed by atoms with Gasteiger partial charge in [-0.2, -0.15) is 0 Å². The molecule has 150 valence electrons. The molecule has 30 heavy (non-hydrogen) atoms. The SMILES string of the molecule is Cc1ccc(S(=O)(=O)C(Br)c2nc(-c3ccccc3)nnc2-c2ccccc2)cc1. The number of hydrogen-bond acceptors (Lipinski definition) is 5. The lowest BCUT2D eigenvalue weighted by Gasteiger charge is -2.15. The van der Waals surface area contributed by atoms with E-state index in [4.69, 9.17) is 0 Å². The van der Waals surface area contributed by atoms with Gasteiger partial charge in [0.2, 0.25) is 0 Å². The van der Waals surface area contributed by atoms with Gasteiger partial charge in [0.05, 0.1) is 4.90 Å². The highest BCUT2D eigenvalue weighted by molar-refractivity contribution is 9.10. The van der Waals surface area contributed by atoms with Crippen molar-refractivity contribution in [3.63, 3.8) is 0 Å². The van der Waals surface area contributed by atoms with Crippen LogP contribution < -0.4 is 0 Å². The van der Waals surface area contributed by atoms with Gasteiger partial charge >= 0.3 is 0 Å². The minimum absolute atomic E-state index is 0.217. The Hall–Kier alpha value is -2.90. The van der Waals surface area contributed by atoms with Crippen molar-refractivity contribution >= 4 is 25.8 Å². The van der Waals surface area contributed by atoms with Crippen LogP contribution in [0.15, 0.2) is 89.8 Å². The summed E-state index contributed by atoms with van der Waals surface area (Å²) < 4.78 is 25.6. The zero-order valence-electron chi connectivity index (χ0n) is 16.1. The molecule has 1 atom stereocenters. The van der Waals surface area contributed by atoms with E-state index in [-0.39, 0.29) is 4.90 Å². The van der Waals surface area contributed by atoms with E-state index in [1.165, 1.54) is 0 Å². The normalized spacial score (nSPS) is 12.5. The van der Waals surface area contributed by atoms with Crippen LogP contribution in [-0.4, -0.2) is 23.6 Å². The molecule has 0 bridgehead atoms. The number of nitrogens with zero attached hydrogens (tertiary/aromatic N) is 3. The zero-order valence-corrected chi connectivity index (χ0v) is 18.5. The topological polar surface area (TPSA) is 72.8 Å². The molecule has 0 saturated heterocycles. The smallest absolute Gasteiger partial charge is 0.197 e. The molecule has 3 aromatic carbocycles. The van der Waals surface area contributed by atoms with Crippen LogP contribution in [0.25, 0.3) is 22.6 Å². The summed E-state index contributed by atoms with van der Waals surface area (Å²) in [5.41, 5.74) is 3.22. The van der Waals surface area contributed by atoms with Gasteiger partial charge in [-0.25, -0.2) is 13.4 Å². The van der Waals surface area contributed by atoms with Crippen LogP contribution in [0, 0.1) is 6.92 Å². The Balaban J connectivity index is 1.88. The first-order valence-electron chi connectivity index (χ1n) is 9.27. The Morgan fingerprint density at radius 1 is 0.767 bits per heavy atom. The van der Waals surface area contributed by atoms with Crippen molar-refractivity contribution in [2.75, 3.05) is 0 Å². The van der Waals surface area contributed by atoms with E-state index >= 15 is 0 Å². The third-order valence-electron chi connectivity index (χ3n) is 4.63. The van der Waals surface area contributed by atoms with Crippen LogP contribution in [0.2, 0.25) is 0 Å². The van der Waals surface area contributed by atoms with Gasteiger partial charge in [0, 0.05) is 11.1 Å². The predicted molar refractivity (Wildman–Crippen MR) is 121 cm³/mol. The summed E-state index contributed by atoms with van der Waals surface area (Å²) in [7, 11) is -3.75. The second kappa shape index (κ2) is 8.45. The van der Waals surface area contributed by atoms with Crippen molar-refractivity contribution in [1.82, 2.24) is 15.2 Å². The third kappa shape index (κ3) is 4.04. The van der Waals surface area contributed by atoms with Gasteiger partial charge in [0.25, 0.3) is 0 Å². The lowest BCUT2D eigenvalue weighted by atomic mass is 10.1. The maximum absolute atomic E-state index is 13.3. The molecule has 1 heterocycles. The van der Waals surface area contributed by atoms with E-state index in [1.54, 1.807) is 24.3 Å². The summed E-state index contributed by atoms with van der Waals surface area (Å²) in [6.45, 7) is 1.91. The molecule has 7 heteroatoms. The van der Waals surface area contributed by atoms with E-state index in [1.807, 2.05) is 67.6 Å². The highest BCUT2D eigenvalue weighted by Crippen LogP contribution is 2.38. The Kier molecular flexibility index (Phi) is 5.74. The second-order valence-electron chi connectivity index (χ2n) is 6.78. The molecule has 0 aliphatic heterocycles. The number of aromatic nitrogens is 3. The zero-order chi connectivity index (χ0) is 21.1. The molecule has 0 amide bonds. The summed E-state index contributed by atoms with van der Waals surface area (Å²) in [5.74, 6) is 0.369. The lowest BCUT2D eigenvalue weighted by molar-refractivity contribution is 0.594. The van der Waals surface area contributed by atoms with Crippen LogP contribution in [0.5, 0.6) is 0 Å². The van der Waals surface area contributed by atoms with Crippen molar-refractivity contribution in [2.24, 2.45) is 0 Å². The summed E-state index contributed by atoms with van der Waals surface area (Å²) in [4.78, 5) is 4.85. The van der Waals surface area contributed by atoms with Gasteiger partial charge in [0.15, 0.2) is 19.8 Å². The van der Waals surface area contributed by atoms with E-state index in [0.29, 0.717) is 17.2 Å². The summed E-state index contributed by atoms with van der Waals surface area (Å²) >= 11 is 3.40. The van der Waals surface area contributed by atoms with Crippen molar-refractivity contribution in [3.05, 3.63) is 96.2 Å². The monoisotopic (exact) mass is 479 g/mol. The number of alkyl halides is 1. The first-order valence-corrected chi connectivity index (χ1v) is 11.7. The van der Waals surface area contributed by atoms with Crippen molar-refractivity contribution in [3.8, 4) is 22.6 Å². The molecule has 0 spiro atoms. The third-order valence-corrected chi connectivity index (χ3v) is 8.24. The number of sulfone groups is 1. The largest absolute Gasteiger partial charge is 0.227 e. The summed E-state index contributed by atoms with van der Waals surface area (Å²) in [6.07, 6.45) is 0. The van der Waals surface area contributed by atoms with E-state index in [2.05, 4.69) is 31.1 Å². The minimum Gasteiger partial charge on any atom is -0.227 e. The molecule has 1 unspecified atom stereocenters. The van der Waals surface area contributed by atoms with Gasteiger partial charge in [-0.3, -0.25) is 0 Å². The minimum atomic E-state index is -3.75. The fraction of sp³-hybridized carbons (Fsp3) is 0.0870. The molecular weight excluding hydrogens is 462 g/mol. The van der Waals surface area contributed by atoms with E-state index in [9.17, 15) is 8.42 Å². The molecule has 5 nitrogen and oxygen atoms in total. The van der Waals surface area contributed by atoms with Crippen LogP contribution in [0.1, 0.15) is 15.4 Å². The van der Waals surface area contributed by atoms with E-state index in [0.717, 1.165) is 16.7 Å². The van der Waals surface area contributed by atoms with Crippen molar-refractivity contribution < 1.29 is 8.42 Å². The molecule has 0 aliphatic rings. The van der Waals surface area contributed by atoms with Gasteiger partial charge < -0.3 is 0 Å². The summed E-state index contributed by atoms with van der Waals surface area (Å²) in [5, 5.41) is 8.62. The second-order valence-corrected chi connectivity index (χ2v) is 10.3. The number of halogens is 1. The Morgan fingerprint density at radius 2 is 1.33 bits per heavy atom. The molecule has 4 aromatic rings. The van der Waals surface area contributed by atoms with Crippen LogP contribution in [-0.2, 0) is 9.84 Å². The molecule has 1 aromatic heterocycles. The fourth-order valence-electron chi connectivity index (χ4n) is 3.00.